The molecule has 1 N–H and O–H groups in total. The van der Waals surface area contributed by atoms with E-state index in [0.29, 0.717) is 32.0 Å². The molecule has 0 spiro atoms. The fraction of sp³-hybridized carbons (Fsp3) is 0.429. The molecule has 0 bridgehead atoms. The van der Waals surface area contributed by atoms with E-state index < -0.39 is 39.7 Å². The molecule has 2 amide bonds. The van der Waals surface area contributed by atoms with Crippen molar-refractivity contribution < 1.29 is 22.8 Å². The second-order valence-electron chi connectivity index (χ2n) is 5.10. The SMILES string of the molecule is O=C(NC1CCN(C(=O)C(Cl)Cl)CC1)c1ccc(F)c(F)c1F. The third-order valence-corrected chi connectivity index (χ3v) is 3.98. The third-order valence-electron chi connectivity index (χ3n) is 3.61. The summed E-state index contributed by atoms with van der Waals surface area (Å²) >= 11 is 11.0. The molecule has 1 heterocycles. The van der Waals surface area contributed by atoms with Gasteiger partial charge in [-0.2, -0.15) is 0 Å². The normalized spacial score (nSPS) is 15.8. The molecule has 1 aromatic carbocycles. The number of hydrogen-bond acceptors (Lipinski definition) is 2. The molecule has 1 aromatic rings. The van der Waals surface area contributed by atoms with Crippen LogP contribution in [0.2, 0.25) is 0 Å². The topological polar surface area (TPSA) is 49.4 Å². The first-order chi connectivity index (χ1) is 10.8. The summed E-state index contributed by atoms with van der Waals surface area (Å²) in [5.41, 5.74) is -0.566. The number of alkyl halides is 2. The zero-order valence-electron chi connectivity index (χ0n) is 11.8. The van der Waals surface area contributed by atoms with Gasteiger partial charge < -0.3 is 10.2 Å². The second kappa shape index (κ2) is 7.40. The summed E-state index contributed by atoms with van der Waals surface area (Å²) in [6, 6.07) is 1.26. The van der Waals surface area contributed by atoms with Gasteiger partial charge in [-0.1, -0.05) is 23.2 Å². The van der Waals surface area contributed by atoms with Crippen LogP contribution in [0.15, 0.2) is 12.1 Å². The maximum absolute atomic E-state index is 13.6. The number of carbonyl (C=O) groups is 2. The van der Waals surface area contributed by atoms with Crippen LogP contribution < -0.4 is 5.32 Å². The molecule has 23 heavy (non-hydrogen) atoms. The maximum atomic E-state index is 13.6. The number of amides is 2. The van der Waals surface area contributed by atoms with Crippen LogP contribution in [0.1, 0.15) is 23.2 Å². The van der Waals surface area contributed by atoms with Crippen molar-refractivity contribution in [2.45, 2.75) is 23.7 Å². The van der Waals surface area contributed by atoms with E-state index in [2.05, 4.69) is 5.32 Å². The first-order valence-corrected chi connectivity index (χ1v) is 7.70. The van der Waals surface area contributed by atoms with Gasteiger partial charge in [0.15, 0.2) is 22.3 Å². The quantitative estimate of drug-likeness (QED) is 0.658. The first kappa shape index (κ1) is 17.9. The molecule has 0 atom stereocenters. The maximum Gasteiger partial charge on any atom is 0.255 e. The minimum absolute atomic E-state index is 0.317. The van der Waals surface area contributed by atoms with Gasteiger partial charge in [-0.05, 0) is 25.0 Å². The summed E-state index contributed by atoms with van der Waals surface area (Å²) in [5, 5.41) is 2.54. The number of piperidine rings is 1. The molecule has 0 radical (unpaired) electrons. The number of carbonyl (C=O) groups excluding carboxylic acids is 2. The molecule has 2 rings (SSSR count). The highest BCUT2D eigenvalue weighted by molar-refractivity contribution is 6.53. The first-order valence-electron chi connectivity index (χ1n) is 6.82. The number of likely N-dealkylation sites (tertiary alicyclic amines) is 1. The van der Waals surface area contributed by atoms with Crippen molar-refractivity contribution in [3.8, 4) is 0 Å². The van der Waals surface area contributed by atoms with Crippen LogP contribution in [0.25, 0.3) is 0 Å². The van der Waals surface area contributed by atoms with Gasteiger partial charge in [0.05, 0.1) is 5.56 Å². The minimum atomic E-state index is -1.69. The van der Waals surface area contributed by atoms with Gasteiger partial charge in [0.2, 0.25) is 0 Å². The smallest absolute Gasteiger partial charge is 0.255 e. The van der Waals surface area contributed by atoms with Gasteiger partial charge >= 0.3 is 0 Å². The van der Waals surface area contributed by atoms with E-state index in [9.17, 15) is 22.8 Å². The lowest BCUT2D eigenvalue weighted by Crippen LogP contribution is -2.47. The van der Waals surface area contributed by atoms with Crippen LogP contribution in [0.5, 0.6) is 0 Å². The molecule has 126 valence electrons. The van der Waals surface area contributed by atoms with Crippen LogP contribution in [0.4, 0.5) is 13.2 Å². The molecule has 1 saturated heterocycles. The van der Waals surface area contributed by atoms with Gasteiger partial charge in [0.25, 0.3) is 11.8 Å². The Kier molecular flexibility index (Phi) is 5.75. The molecule has 4 nitrogen and oxygen atoms in total. The van der Waals surface area contributed by atoms with Crippen molar-refractivity contribution in [1.82, 2.24) is 10.2 Å². The van der Waals surface area contributed by atoms with Gasteiger partial charge in [0, 0.05) is 19.1 Å². The molecule has 1 aliphatic rings. The van der Waals surface area contributed by atoms with E-state index >= 15 is 0 Å². The molecular weight excluding hydrogens is 356 g/mol. The average molecular weight is 369 g/mol. The summed E-state index contributed by atoms with van der Waals surface area (Å²) in [6.07, 6.45) is 0.840. The molecule has 0 unspecified atom stereocenters. The summed E-state index contributed by atoms with van der Waals surface area (Å²) in [7, 11) is 0. The number of rotatable bonds is 3. The van der Waals surface area contributed by atoms with E-state index in [0.717, 1.165) is 6.07 Å². The van der Waals surface area contributed by atoms with E-state index in [-0.39, 0.29) is 6.04 Å². The predicted octanol–water partition coefficient (Wildman–Crippen LogP) is 2.63. The van der Waals surface area contributed by atoms with Crippen molar-refractivity contribution >= 4 is 35.0 Å². The Morgan fingerprint density at radius 2 is 1.74 bits per heavy atom. The zero-order valence-corrected chi connectivity index (χ0v) is 13.3. The second-order valence-corrected chi connectivity index (χ2v) is 6.19. The van der Waals surface area contributed by atoms with Gasteiger partial charge in [-0.3, -0.25) is 9.59 Å². The highest BCUT2D eigenvalue weighted by Crippen LogP contribution is 2.18. The molecule has 1 fully saturated rings. The Balaban J connectivity index is 1.96. The lowest BCUT2D eigenvalue weighted by Gasteiger charge is -2.32. The largest absolute Gasteiger partial charge is 0.349 e. The van der Waals surface area contributed by atoms with Crippen LogP contribution in [-0.4, -0.2) is 40.7 Å². The third kappa shape index (κ3) is 4.09. The summed E-state index contributed by atoms with van der Waals surface area (Å²) in [4.78, 5) is 23.9. The Bertz CT molecular complexity index is 620. The minimum Gasteiger partial charge on any atom is -0.349 e. The standard InChI is InChI=1S/C14H13Cl2F3N2O2/c15-12(16)14(23)21-5-3-7(4-6-21)20-13(22)8-1-2-9(17)11(19)10(8)18/h1-2,7,12H,3-6H2,(H,20,22). The number of benzene rings is 1. The lowest BCUT2D eigenvalue weighted by atomic mass is 10.0. The number of halogens is 5. The number of hydrogen-bond donors (Lipinski definition) is 1. The van der Waals surface area contributed by atoms with Gasteiger partial charge in [-0.25, -0.2) is 13.2 Å². The Morgan fingerprint density at radius 3 is 2.30 bits per heavy atom. The van der Waals surface area contributed by atoms with Crippen LogP contribution in [0.3, 0.4) is 0 Å². The van der Waals surface area contributed by atoms with E-state index in [1.54, 1.807) is 0 Å². The van der Waals surface area contributed by atoms with Crippen LogP contribution in [-0.2, 0) is 4.79 Å². The van der Waals surface area contributed by atoms with Crippen molar-refractivity contribution in [1.29, 1.82) is 0 Å². The Labute approximate surface area is 140 Å². The molecule has 0 saturated carbocycles. The van der Waals surface area contributed by atoms with Gasteiger partial charge in [-0.15, -0.1) is 0 Å². The summed E-state index contributed by atoms with van der Waals surface area (Å²) < 4.78 is 39.6. The van der Waals surface area contributed by atoms with E-state index in [1.807, 2.05) is 0 Å². The molecule has 9 heteroatoms. The fourth-order valence-corrected chi connectivity index (χ4v) is 2.62. The fourth-order valence-electron chi connectivity index (χ4n) is 2.35. The number of nitrogens with zero attached hydrogens (tertiary/aromatic N) is 1. The zero-order chi connectivity index (χ0) is 17.1. The Morgan fingerprint density at radius 1 is 1.13 bits per heavy atom. The van der Waals surface area contributed by atoms with E-state index in [4.69, 9.17) is 23.2 Å². The highest BCUT2D eigenvalue weighted by Gasteiger charge is 2.28. The Hall–Kier alpha value is -1.47. The van der Waals surface area contributed by atoms with Crippen LogP contribution in [0, 0.1) is 17.5 Å². The monoisotopic (exact) mass is 368 g/mol. The molecule has 0 aliphatic carbocycles. The van der Waals surface area contributed by atoms with E-state index in [1.165, 1.54) is 4.90 Å². The van der Waals surface area contributed by atoms with Crippen molar-refractivity contribution in [2.24, 2.45) is 0 Å². The molecule has 1 aliphatic heterocycles. The lowest BCUT2D eigenvalue weighted by molar-refractivity contribution is -0.130. The number of nitrogens with one attached hydrogen (secondary N) is 1. The average Bonchev–Trinajstić information content (AvgIpc) is 2.52. The summed E-state index contributed by atoms with van der Waals surface area (Å²) in [6.45, 7) is 0.667. The van der Waals surface area contributed by atoms with Crippen molar-refractivity contribution in [3.05, 3.63) is 35.1 Å². The summed E-state index contributed by atoms with van der Waals surface area (Å²) in [5.74, 6) is -5.82. The molecular formula is C14H13Cl2F3N2O2. The predicted molar refractivity (Wildman–Crippen MR) is 78.9 cm³/mol. The molecule has 0 aromatic heterocycles. The highest BCUT2D eigenvalue weighted by atomic mass is 35.5. The van der Waals surface area contributed by atoms with Crippen LogP contribution >= 0.6 is 23.2 Å². The van der Waals surface area contributed by atoms with Crippen molar-refractivity contribution in [3.63, 3.8) is 0 Å². The van der Waals surface area contributed by atoms with Crippen molar-refractivity contribution in [2.75, 3.05) is 13.1 Å². The van der Waals surface area contributed by atoms with Gasteiger partial charge in [0.1, 0.15) is 0 Å².